The number of likely N-dealkylation sites (tertiary alicyclic amines) is 1. The van der Waals surface area contributed by atoms with Crippen molar-refractivity contribution in [2.24, 2.45) is 5.73 Å². The minimum Gasteiger partial charge on any atom is -0.494 e. The molecule has 3 aromatic rings. The van der Waals surface area contributed by atoms with E-state index in [4.69, 9.17) is 10.5 Å². The summed E-state index contributed by atoms with van der Waals surface area (Å²) >= 11 is 0. The molecule has 0 saturated carbocycles. The molecule has 3 aliphatic heterocycles. The topological polar surface area (TPSA) is 136 Å². The van der Waals surface area contributed by atoms with E-state index in [2.05, 4.69) is 15.6 Å². The lowest BCUT2D eigenvalue weighted by atomic mass is 9.72. The molecule has 1 fully saturated rings. The fraction of sp³-hybridized carbons (Fsp3) is 0.346. The average Bonchev–Trinajstić information content (AvgIpc) is 3.58. The summed E-state index contributed by atoms with van der Waals surface area (Å²) in [5.41, 5.74) is 7.38. The van der Waals surface area contributed by atoms with Gasteiger partial charge in [-0.25, -0.2) is 4.79 Å². The molecule has 3 N–H and O–H groups in total. The zero-order chi connectivity index (χ0) is 25.6. The highest BCUT2D eigenvalue weighted by Gasteiger charge is 2.61. The molecule has 1 saturated heterocycles. The number of benzene rings is 2. The number of nitrogens with one attached hydrogen (secondary N) is 1. The first-order valence-electron chi connectivity index (χ1n) is 12.3. The fourth-order valence-electron chi connectivity index (χ4n) is 5.91. The summed E-state index contributed by atoms with van der Waals surface area (Å²) in [4.78, 5) is 42.6. The van der Waals surface area contributed by atoms with Crippen molar-refractivity contribution in [3.8, 4) is 5.75 Å². The van der Waals surface area contributed by atoms with Gasteiger partial charge < -0.3 is 25.6 Å². The van der Waals surface area contributed by atoms with E-state index in [9.17, 15) is 14.4 Å². The number of hydrogen-bond acceptors (Lipinski definition) is 6. The zero-order valence-electron chi connectivity index (χ0n) is 20.2. The van der Waals surface area contributed by atoms with Gasteiger partial charge in [0.05, 0.1) is 31.9 Å². The maximum Gasteiger partial charge on any atom is 0.312 e. The smallest absolute Gasteiger partial charge is 0.312 e. The summed E-state index contributed by atoms with van der Waals surface area (Å²) in [7, 11) is 0. The highest BCUT2D eigenvalue weighted by Crippen LogP contribution is 2.57. The van der Waals surface area contributed by atoms with Crippen LogP contribution in [0.25, 0.3) is 0 Å². The quantitative estimate of drug-likeness (QED) is 0.546. The normalized spacial score (nSPS) is 22.4. The van der Waals surface area contributed by atoms with E-state index in [-0.39, 0.29) is 24.9 Å². The van der Waals surface area contributed by atoms with Gasteiger partial charge in [0.1, 0.15) is 16.9 Å². The summed E-state index contributed by atoms with van der Waals surface area (Å²) < 4.78 is 7.80. The van der Waals surface area contributed by atoms with Crippen LogP contribution in [0.5, 0.6) is 5.75 Å². The summed E-state index contributed by atoms with van der Waals surface area (Å²) in [5.74, 6) is 0.260. The third-order valence-electron chi connectivity index (χ3n) is 7.44. The van der Waals surface area contributed by atoms with Gasteiger partial charge in [-0.05, 0) is 35.7 Å². The molecule has 4 amide bonds. The second-order valence-corrected chi connectivity index (χ2v) is 9.58. The van der Waals surface area contributed by atoms with Gasteiger partial charge in [-0.2, -0.15) is 0 Å². The molecule has 37 heavy (non-hydrogen) atoms. The van der Waals surface area contributed by atoms with Crippen LogP contribution in [0.15, 0.2) is 54.7 Å². The van der Waals surface area contributed by atoms with E-state index < -0.39 is 17.5 Å². The van der Waals surface area contributed by atoms with Crippen molar-refractivity contribution in [1.29, 1.82) is 0 Å². The summed E-state index contributed by atoms with van der Waals surface area (Å²) in [6.07, 6.45) is 3.03. The van der Waals surface area contributed by atoms with Crippen LogP contribution >= 0.6 is 0 Å². The number of fused-ring (bicyclic) bond motifs is 8. The number of carbonyl (C=O) groups excluding carboxylic acids is 3. The first-order chi connectivity index (χ1) is 18.0. The Kier molecular flexibility index (Phi) is 5.54. The number of anilines is 1. The standard InChI is InChI=1S/C26H27N7O4/c27-25(36)28-14-22(34)32-11-9-26-20-7-1-2-8-21(20)33(24(26)35)16-18-15-31(30-29-18)10-4-12-37-19-6-3-5-17(13-19)23(26)32/h1-3,5-8,13,15,23H,4,9-12,14,16H2,(H3,27,28,36)/t23-,26+/m0/s1. The number of rotatable bonds is 2. The Balaban J connectivity index is 1.51. The van der Waals surface area contributed by atoms with E-state index in [0.29, 0.717) is 37.6 Å². The summed E-state index contributed by atoms with van der Waals surface area (Å²) in [5, 5.41) is 10.9. The molecule has 11 nitrogen and oxygen atoms in total. The first-order valence-corrected chi connectivity index (χ1v) is 12.3. The lowest BCUT2D eigenvalue weighted by Crippen LogP contribution is -2.47. The third kappa shape index (κ3) is 3.78. The van der Waals surface area contributed by atoms with Gasteiger partial charge >= 0.3 is 6.03 Å². The number of aromatic nitrogens is 3. The van der Waals surface area contributed by atoms with Gasteiger partial charge in [-0.3, -0.25) is 14.3 Å². The molecule has 11 heteroatoms. The second kappa shape index (κ2) is 8.91. The van der Waals surface area contributed by atoms with Gasteiger partial charge in [0.15, 0.2) is 0 Å². The number of ether oxygens (including phenoxy) is 1. The Labute approximate surface area is 213 Å². The van der Waals surface area contributed by atoms with Crippen molar-refractivity contribution in [2.75, 3.05) is 24.6 Å². The number of para-hydroxylation sites is 1. The molecular weight excluding hydrogens is 474 g/mol. The number of nitrogens with zero attached hydrogens (tertiary/aromatic N) is 5. The summed E-state index contributed by atoms with van der Waals surface area (Å²) in [6, 6.07) is 13.9. The Morgan fingerprint density at radius 3 is 2.89 bits per heavy atom. The minimum absolute atomic E-state index is 0.0902. The molecule has 6 rings (SSSR count). The van der Waals surface area contributed by atoms with Crippen LogP contribution in [0.4, 0.5) is 10.5 Å². The van der Waals surface area contributed by atoms with Crippen molar-refractivity contribution in [3.05, 3.63) is 71.5 Å². The van der Waals surface area contributed by atoms with E-state index in [1.165, 1.54) is 0 Å². The van der Waals surface area contributed by atoms with Gasteiger partial charge in [-0.1, -0.05) is 35.5 Å². The third-order valence-corrected chi connectivity index (χ3v) is 7.44. The lowest BCUT2D eigenvalue weighted by molar-refractivity contribution is -0.132. The number of hydrogen-bond donors (Lipinski definition) is 2. The molecule has 2 atom stereocenters. The monoisotopic (exact) mass is 501 g/mol. The Hall–Kier alpha value is -4.41. The van der Waals surface area contributed by atoms with E-state index in [0.717, 1.165) is 23.2 Å². The van der Waals surface area contributed by atoms with Crippen LogP contribution in [-0.4, -0.2) is 57.4 Å². The summed E-state index contributed by atoms with van der Waals surface area (Å²) in [6.45, 7) is 1.49. The van der Waals surface area contributed by atoms with Gasteiger partial charge in [0, 0.05) is 25.2 Å². The van der Waals surface area contributed by atoms with Crippen LogP contribution in [0, 0.1) is 0 Å². The van der Waals surface area contributed by atoms with Crippen molar-refractivity contribution in [3.63, 3.8) is 0 Å². The van der Waals surface area contributed by atoms with Crippen LogP contribution in [0.3, 0.4) is 0 Å². The lowest BCUT2D eigenvalue weighted by Gasteiger charge is -2.35. The molecule has 0 aliphatic carbocycles. The number of urea groups is 1. The van der Waals surface area contributed by atoms with Crippen LogP contribution in [-0.2, 0) is 28.1 Å². The number of amides is 4. The molecule has 1 spiro atoms. The van der Waals surface area contributed by atoms with Crippen LogP contribution in [0.1, 0.15) is 35.7 Å². The molecule has 6 bridgehead atoms. The Morgan fingerprint density at radius 1 is 1.16 bits per heavy atom. The molecule has 4 heterocycles. The molecule has 3 aliphatic rings. The Bertz CT molecular complexity index is 1390. The largest absolute Gasteiger partial charge is 0.494 e. The van der Waals surface area contributed by atoms with Gasteiger partial charge in [-0.15, -0.1) is 5.10 Å². The van der Waals surface area contributed by atoms with Gasteiger partial charge in [0.25, 0.3) is 0 Å². The van der Waals surface area contributed by atoms with E-state index in [1.807, 2.05) is 54.7 Å². The van der Waals surface area contributed by atoms with Crippen molar-refractivity contribution in [2.45, 2.75) is 37.4 Å². The van der Waals surface area contributed by atoms with Crippen molar-refractivity contribution >= 4 is 23.5 Å². The maximum absolute atomic E-state index is 14.5. The SMILES string of the molecule is NC(=O)NCC(=O)N1CC[C@]23C(=O)N(Cc4cn(nn4)CCCOc4cccc(c4)[C@H]12)c1ccccc13. The minimum atomic E-state index is -1.01. The maximum atomic E-state index is 14.5. The van der Waals surface area contributed by atoms with Crippen molar-refractivity contribution < 1.29 is 19.1 Å². The van der Waals surface area contributed by atoms with Gasteiger partial charge in [0.2, 0.25) is 11.8 Å². The molecule has 1 aromatic heterocycles. The molecule has 190 valence electrons. The highest BCUT2D eigenvalue weighted by atomic mass is 16.5. The predicted octanol–water partition coefficient (Wildman–Crippen LogP) is 1.49. The molecule has 0 unspecified atom stereocenters. The highest BCUT2D eigenvalue weighted by molar-refractivity contribution is 6.09. The molecule has 0 radical (unpaired) electrons. The number of aryl methyl sites for hydroxylation is 1. The molecule has 2 aromatic carbocycles. The molecular formula is C26H27N7O4. The first kappa shape index (κ1) is 23.0. The Morgan fingerprint density at radius 2 is 2.03 bits per heavy atom. The van der Waals surface area contributed by atoms with E-state index in [1.54, 1.807) is 14.5 Å². The second-order valence-electron chi connectivity index (χ2n) is 9.58. The van der Waals surface area contributed by atoms with E-state index >= 15 is 0 Å². The van der Waals surface area contributed by atoms with Crippen LogP contribution < -0.4 is 20.7 Å². The van der Waals surface area contributed by atoms with Crippen molar-refractivity contribution in [1.82, 2.24) is 25.2 Å². The number of primary amides is 1. The average molecular weight is 502 g/mol. The zero-order valence-corrected chi connectivity index (χ0v) is 20.2. The predicted molar refractivity (Wildman–Crippen MR) is 133 cm³/mol. The fourth-order valence-corrected chi connectivity index (χ4v) is 5.91. The van der Waals surface area contributed by atoms with Crippen LogP contribution in [0.2, 0.25) is 0 Å². The number of nitrogens with two attached hydrogens (primary N) is 1. The number of carbonyl (C=O) groups is 3.